The van der Waals surface area contributed by atoms with Crippen LogP contribution >= 0.6 is 12.4 Å². The van der Waals surface area contributed by atoms with Crippen molar-refractivity contribution in [3.8, 4) is 0 Å². The molecule has 0 saturated heterocycles. The van der Waals surface area contributed by atoms with Crippen molar-refractivity contribution in [2.45, 2.75) is 25.3 Å². The molecule has 64 valence electrons. The number of halogens is 3. The Kier molecular flexibility index (Phi) is 9.13. The minimum absolute atomic E-state index is 0. The molecule has 0 aliphatic heterocycles. The average Bonchev–Trinajstić information content (AvgIpc) is 1.82. The molecule has 0 heterocycles. The molecule has 5 heteroatoms. The van der Waals surface area contributed by atoms with E-state index in [-0.39, 0.29) is 12.4 Å². The van der Waals surface area contributed by atoms with Gasteiger partial charge in [-0.3, -0.25) is 0 Å². The molecule has 0 aromatic heterocycles. The zero-order chi connectivity index (χ0) is 7.28. The van der Waals surface area contributed by atoms with Crippen LogP contribution < -0.4 is 11.5 Å². The van der Waals surface area contributed by atoms with Gasteiger partial charge < -0.3 is 11.5 Å². The van der Waals surface area contributed by atoms with Crippen LogP contribution in [0.3, 0.4) is 0 Å². The highest BCUT2D eigenvalue weighted by atomic mass is 35.5. The summed E-state index contributed by atoms with van der Waals surface area (Å²) in [7, 11) is 0. The predicted molar refractivity (Wildman–Crippen MR) is 39.5 cm³/mol. The second kappa shape index (κ2) is 7.18. The van der Waals surface area contributed by atoms with Crippen LogP contribution in [-0.4, -0.2) is 19.0 Å². The van der Waals surface area contributed by atoms with Crippen molar-refractivity contribution in [3.63, 3.8) is 0 Å². The molecule has 2 nitrogen and oxygen atoms in total. The molecule has 0 aliphatic carbocycles. The average molecular weight is 175 g/mol. The van der Waals surface area contributed by atoms with Gasteiger partial charge in [0.15, 0.2) is 0 Å². The van der Waals surface area contributed by atoms with E-state index in [1.165, 1.54) is 0 Å². The van der Waals surface area contributed by atoms with E-state index in [0.717, 1.165) is 0 Å². The molecule has 10 heavy (non-hydrogen) atoms. The van der Waals surface area contributed by atoms with Crippen molar-refractivity contribution in [1.82, 2.24) is 0 Å². The molecule has 0 fully saturated rings. The fourth-order valence-corrected chi connectivity index (χ4v) is 0.480. The number of alkyl halides is 2. The summed E-state index contributed by atoms with van der Waals surface area (Å²) in [6.45, 7) is 0.431. The first kappa shape index (κ1) is 12.7. The third-order valence-electron chi connectivity index (χ3n) is 1.07. The molecular formula is C5H13ClF2N2. The van der Waals surface area contributed by atoms with Gasteiger partial charge in [-0.05, 0) is 19.4 Å². The molecule has 0 aromatic rings. The number of nitrogens with two attached hydrogens (primary N) is 2. The Morgan fingerprint density at radius 1 is 1.30 bits per heavy atom. The molecule has 0 saturated carbocycles. The Balaban J connectivity index is 0. The Morgan fingerprint density at radius 3 is 2.10 bits per heavy atom. The molecule has 0 aromatic carbocycles. The van der Waals surface area contributed by atoms with Crippen molar-refractivity contribution in [2.24, 2.45) is 11.5 Å². The maximum Gasteiger partial charge on any atom is 0.253 e. The topological polar surface area (TPSA) is 52.0 Å². The van der Waals surface area contributed by atoms with E-state index in [9.17, 15) is 8.78 Å². The normalized spacial score (nSPS) is 12.9. The SMILES string of the molecule is Cl.NCCCC(N)C(F)F. The quantitative estimate of drug-likeness (QED) is 0.661. The lowest BCUT2D eigenvalue weighted by atomic mass is 10.2. The van der Waals surface area contributed by atoms with Gasteiger partial charge in [0.1, 0.15) is 0 Å². The van der Waals surface area contributed by atoms with Crippen LogP contribution in [0.1, 0.15) is 12.8 Å². The summed E-state index contributed by atoms with van der Waals surface area (Å²) in [5, 5.41) is 0. The van der Waals surface area contributed by atoms with E-state index in [1.54, 1.807) is 0 Å². The van der Waals surface area contributed by atoms with Gasteiger partial charge in [-0.2, -0.15) is 0 Å². The first-order valence-corrected chi connectivity index (χ1v) is 2.92. The molecule has 0 rings (SSSR count). The summed E-state index contributed by atoms with van der Waals surface area (Å²) in [5.41, 5.74) is 10.1. The molecule has 0 radical (unpaired) electrons. The van der Waals surface area contributed by atoms with E-state index < -0.39 is 12.5 Å². The fraction of sp³-hybridized carbons (Fsp3) is 1.00. The zero-order valence-corrected chi connectivity index (χ0v) is 6.41. The highest BCUT2D eigenvalue weighted by Crippen LogP contribution is 2.03. The fourth-order valence-electron chi connectivity index (χ4n) is 0.480. The lowest BCUT2D eigenvalue weighted by Gasteiger charge is -2.07. The van der Waals surface area contributed by atoms with Gasteiger partial charge in [0.25, 0.3) is 6.43 Å². The van der Waals surface area contributed by atoms with Gasteiger partial charge >= 0.3 is 0 Å². The summed E-state index contributed by atoms with van der Waals surface area (Å²) in [6, 6.07) is -0.992. The largest absolute Gasteiger partial charge is 0.330 e. The smallest absolute Gasteiger partial charge is 0.253 e. The van der Waals surface area contributed by atoms with Crippen LogP contribution in [0, 0.1) is 0 Å². The van der Waals surface area contributed by atoms with Crippen molar-refractivity contribution in [1.29, 1.82) is 0 Å². The highest BCUT2D eigenvalue weighted by molar-refractivity contribution is 5.85. The molecule has 1 unspecified atom stereocenters. The van der Waals surface area contributed by atoms with Crippen LogP contribution in [0.4, 0.5) is 8.78 Å². The summed E-state index contributed by atoms with van der Waals surface area (Å²) in [4.78, 5) is 0. The maximum atomic E-state index is 11.6. The summed E-state index contributed by atoms with van der Waals surface area (Å²) in [5.74, 6) is 0. The van der Waals surface area contributed by atoms with Crippen LogP contribution in [-0.2, 0) is 0 Å². The van der Waals surface area contributed by atoms with E-state index in [0.29, 0.717) is 19.4 Å². The van der Waals surface area contributed by atoms with Gasteiger partial charge in [-0.25, -0.2) is 8.78 Å². The van der Waals surface area contributed by atoms with Crippen LogP contribution in [0.25, 0.3) is 0 Å². The van der Waals surface area contributed by atoms with Gasteiger partial charge in [0.2, 0.25) is 0 Å². The van der Waals surface area contributed by atoms with Gasteiger partial charge in [-0.1, -0.05) is 0 Å². The Hall–Kier alpha value is 0.0700. The third-order valence-corrected chi connectivity index (χ3v) is 1.07. The summed E-state index contributed by atoms with van der Waals surface area (Å²) < 4.78 is 23.2. The lowest BCUT2D eigenvalue weighted by molar-refractivity contribution is 0.111. The Morgan fingerprint density at radius 2 is 1.80 bits per heavy atom. The van der Waals surface area contributed by atoms with Crippen molar-refractivity contribution < 1.29 is 8.78 Å². The molecule has 0 spiro atoms. The molecule has 0 aliphatic rings. The zero-order valence-electron chi connectivity index (χ0n) is 5.59. The molecule has 1 atom stereocenters. The predicted octanol–water partition coefficient (Wildman–Crippen LogP) is 0.739. The molecule has 0 bridgehead atoms. The molecular weight excluding hydrogens is 162 g/mol. The third kappa shape index (κ3) is 6.19. The lowest BCUT2D eigenvalue weighted by Crippen LogP contribution is -2.29. The number of rotatable bonds is 4. The molecule has 4 N–H and O–H groups in total. The maximum absolute atomic E-state index is 11.6. The first-order valence-electron chi connectivity index (χ1n) is 2.92. The van der Waals surface area contributed by atoms with Gasteiger partial charge in [0, 0.05) is 0 Å². The van der Waals surface area contributed by atoms with E-state index in [2.05, 4.69) is 0 Å². The number of hydrogen-bond acceptors (Lipinski definition) is 2. The van der Waals surface area contributed by atoms with Crippen LogP contribution in [0.5, 0.6) is 0 Å². The molecule has 0 amide bonds. The van der Waals surface area contributed by atoms with Gasteiger partial charge in [0.05, 0.1) is 6.04 Å². The Labute approximate surface area is 65.4 Å². The van der Waals surface area contributed by atoms with Crippen LogP contribution in [0.2, 0.25) is 0 Å². The number of hydrogen-bond donors (Lipinski definition) is 2. The van der Waals surface area contributed by atoms with E-state index in [4.69, 9.17) is 11.5 Å². The van der Waals surface area contributed by atoms with Gasteiger partial charge in [-0.15, -0.1) is 12.4 Å². The van der Waals surface area contributed by atoms with Crippen LogP contribution in [0.15, 0.2) is 0 Å². The second-order valence-corrected chi connectivity index (χ2v) is 1.93. The second-order valence-electron chi connectivity index (χ2n) is 1.93. The van der Waals surface area contributed by atoms with E-state index in [1.807, 2.05) is 0 Å². The Bertz CT molecular complexity index is 72.7. The highest BCUT2D eigenvalue weighted by Gasteiger charge is 2.13. The van der Waals surface area contributed by atoms with Crippen molar-refractivity contribution >= 4 is 12.4 Å². The summed E-state index contributed by atoms with van der Waals surface area (Å²) in [6.07, 6.45) is -1.52. The standard InChI is InChI=1S/C5H12F2N2.ClH/c6-5(7)4(9)2-1-3-8;/h4-5H,1-3,8-9H2;1H. The first-order chi connectivity index (χ1) is 4.18. The minimum atomic E-state index is -2.41. The van der Waals surface area contributed by atoms with E-state index >= 15 is 0 Å². The van der Waals surface area contributed by atoms with Crippen molar-refractivity contribution in [3.05, 3.63) is 0 Å². The minimum Gasteiger partial charge on any atom is -0.330 e. The summed E-state index contributed by atoms with van der Waals surface area (Å²) >= 11 is 0. The van der Waals surface area contributed by atoms with Crippen molar-refractivity contribution in [2.75, 3.05) is 6.54 Å². The monoisotopic (exact) mass is 174 g/mol.